The van der Waals surface area contributed by atoms with Gasteiger partial charge < -0.3 is 4.74 Å². The maximum absolute atomic E-state index is 11.1. The number of hydrogen-bond acceptors (Lipinski definition) is 2. The summed E-state index contributed by atoms with van der Waals surface area (Å²) >= 11 is 9.24. The Hall–Kier alpha value is -0.540. The van der Waals surface area contributed by atoms with Crippen molar-refractivity contribution in [2.75, 3.05) is 6.61 Å². The minimum atomic E-state index is -0.170. The zero-order valence-electron chi connectivity index (χ0n) is 8.43. The number of carbonyl (C=O) groups is 1. The third-order valence-electron chi connectivity index (χ3n) is 1.91. The Bertz CT molecular complexity index is 352. The van der Waals surface area contributed by atoms with Gasteiger partial charge in [0.2, 0.25) is 0 Å². The summed E-state index contributed by atoms with van der Waals surface area (Å²) < 4.78 is 5.70. The van der Waals surface area contributed by atoms with E-state index in [1.807, 2.05) is 18.2 Å². The van der Waals surface area contributed by atoms with Gasteiger partial charge in [-0.2, -0.15) is 0 Å². The highest BCUT2D eigenvalue weighted by Gasteiger charge is 2.04. The molecule has 0 aliphatic carbocycles. The molecule has 1 rings (SSSR count). The molecule has 0 saturated carbocycles. The van der Waals surface area contributed by atoms with E-state index in [9.17, 15) is 4.79 Å². The van der Waals surface area contributed by atoms with Crippen molar-refractivity contribution in [1.82, 2.24) is 0 Å². The molecule has 0 aliphatic rings. The second kappa shape index (κ2) is 6.13. The van der Waals surface area contributed by atoms with Crippen LogP contribution in [0.1, 0.15) is 18.9 Å². The van der Waals surface area contributed by atoms with Gasteiger partial charge in [0, 0.05) is 10.9 Å². The van der Waals surface area contributed by atoms with E-state index in [4.69, 9.17) is 16.3 Å². The highest BCUT2D eigenvalue weighted by atomic mass is 79.9. The van der Waals surface area contributed by atoms with Gasteiger partial charge in [-0.15, -0.1) is 0 Å². The predicted molar refractivity (Wildman–Crippen MR) is 64.1 cm³/mol. The molecule has 15 heavy (non-hydrogen) atoms. The number of ether oxygens (including phenoxy) is 1. The molecule has 0 N–H and O–H groups in total. The predicted octanol–water partition coefficient (Wildman–Crippen LogP) is 3.60. The van der Waals surface area contributed by atoms with E-state index < -0.39 is 0 Å². The Morgan fingerprint density at radius 2 is 2.27 bits per heavy atom. The molecule has 0 amide bonds. The number of rotatable bonds is 4. The first-order valence-corrected chi connectivity index (χ1v) is 5.90. The molecule has 0 aliphatic heterocycles. The molecular weight excluding hydrogens is 279 g/mol. The number of benzene rings is 1. The van der Waals surface area contributed by atoms with Gasteiger partial charge in [0.15, 0.2) is 0 Å². The standard InChI is InChI=1S/C11H12BrClO2/c1-2-15-11(14)6-4-8-3-5-9(12)10(13)7-8/h3,5,7H,2,4,6H2,1H3. The fraction of sp³-hybridized carbons (Fsp3) is 0.364. The summed E-state index contributed by atoms with van der Waals surface area (Å²) in [5.74, 6) is -0.170. The Balaban J connectivity index is 2.51. The van der Waals surface area contributed by atoms with Crippen LogP contribution in [0.15, 0.2) is 22.7 Å². The Labute approximate surface area is 103 Å². The largest absolute Gasteiger partial charge is 0.466 e. The number of carbonyl (C=O) groups excluding carboxylic acids is 1. The highest BCUT2D eigenvalue weighted by molar-refractivity contribution is 9.10. The lowest BCUT2D eigenvalue weighted by Crippen LogP contribution is -2.05. The van der Waals surface area contributed by atoms with Gasteiger partial charge in [-0.1, -0.05) is 17.7 Å². The lowest BCUT2D eigenvalue weighted by Gasteiger charge is -2.03. The lowest BCUT2D eigenvalue weighted by atomic mass is 10.1. The van der Waals surface area contributed by atoms with Crippen molar-refractivity contribution >= 4 is 33.5 Å². The quantitative estimate of drug-likeness (QED) is 0.792. The molecule has 0 radical (unpaired) electrons. The summed E-state index contributed by atoms with van der Waals surface area (Å²) in [7, 11) is 0. The van der Waals surface area contributed by atoms with Crippen LogP contribution >= 0.6 is 27.5 Å². The van der Waals surface area contributed by atoms with Gasteiger partial charge in [-0.05, 0) is 47.0 Å². The first kappa shape index (κ1) is 12.5. The van der Waals surface area contributed by atoms with E-state index in [0.717, 1.165) is 10.0 Å². The van der Waals surface area contributed by atoms with Crippen LogP contribution in [0.4, 0.5) is 0 Å². The van der Waals surface area contributed by atoms with Crippen LogP contribution in [-0.4, -0.2) is 12.6 Å². The van der Waals surface area contributed by atoms with E-state index in [0.29, 0.717) is 24.5 Å². The molecule has 0 atom stereocenters. The number of esters is 1. The zero-order chi connectivity index (χ0) is 11.3. The molecule has 0 spiro atoms. The molecule has 0 fully saturated rings. The number of halogens is 2. The maximum atomic E-state index is 11.1. The fourth-order valence-electron chi connectivity index (χ4n) is 1.17. The third-order valence-corrected chi connectivity index (χ3v) is 3.14. The van der Waals surface area contributed by atoms with Crippen LogP contribution in [0, 0.1) is 0 Å². The minimum absolute atomic E-state index is 0.170. The lowest BCUT2D eigenvalue weighted by molar-refractivity contribution is -0.143. The van der Waals surface area contributed by atoms with Crippen molar-refractivity contribution in [2.24, 2.45) is 0 Å². The van der Waals surface area contributed by atoms with Crippen molar-refractivity contribution in [3.63, 3.8) is 0 Å². The fourth-order valence-corrected chi connectivity index (χ4v) is 1.62. The van der Waals surface area contributed by atoms with Crippen LogP contribution in [-0.2, 0) is 16.0 Å². The highest BCUT2D eigenvalue weighted by Crippen LogP contribution is 2.23. The number of aryl methyl sites for hydroxylation is 1. The van der Waals surface area contributed by atoms with Crippen molar-refractivity contribution < 1.29 is 9.53 Å². The van der Waals surface area contributed by atoms with E-state index in [1.54, 1.807) is 6.92 Å². The van der Waals surface area contributed by atoms with Crippen molar-refractivity contribution in [2.45, 2.75) is 19.8 Å². The number of hydrogen-bond donors (Lipinski definition) is 0. The second-order valence-electron chi connectivity index (χ2n) is 3.05. The monoisotopic (exact) mass is 290 g/mol. The van der Waals surface area contributed by atoms with E-state index in [-0.39, 0.29) is 5.97 Å². The van der Waals surface area contributed by atoms with Crippen molar-refractivity contribution in [1.29, 1.82) is 0 Å². The summed E-state index contributed by atoms with van der Waals surface area (Å²) in [6, 6.07) is 5.67. The van der Waals surface area contributed by atoms with Gasteiger partial charge in [0.25, 0.3) is 0 Å². The summed E-state index contributed by atoms with van der Waals surface area (Å²) in [6.07, 6.45) is 1.05. The molecule has 0 saturated heterocycles. The van der Waals surface area contributed by atoms with Gasteiger partial charge in [-0.25, -0.2) is 0 Å². The molecule has 4 heteroatoms. The van der Waals surface area contributed by atoms with Crippen molar-refractivity contribution in [3.8, 4) is 0 Å². The summed E-state index contributed by atoms with van der Waals surface area (Å²) in [4.78, 5) is 11.1. The molecule has 0 heterocycles. The molecule has 1 aromatic carbocycles. The van der Waals surface area contributed by atoms with Crippen LogP contribution < -0.4 is 0 Å². The summed E-state index contributed by atoms with van der Waals surface area (Å²) in [5, 5.41) is 0.663. The Kier molecular flexibility index (Phi) is 5.12. The Morgan fingerprint density at radius 1 is 1.53 bits per heavy atom. The second-order valence-corrected chi connectivity index (χ2v) is 4.32. The van der Waals surface area contributed by atoms with Crippen LogP contribution in [0.2, 0.25) is 5.02 Å². The molecular formula is C11H12BrClO2. The molecule has 2 nitrogen and oxygen atoms in total. The Morgan fingerprint density at radius 3 is 2.87 bits per heavy atom. The molecule has 1 aromatic rings. The zero-order valence-corrected chi connectivity index (χ0v) is 10.8. The van der Waals surface area contributed by atoms with Crippen LogP contribution in [0.25, 0.3) is 0 Å². The van der Waals surface area contributed by atoms with E-state index in [2.05, 4.69) is 15.9 Å². The average molecular weight is 292 g/mol. The third kappa shape index (κ3) is 4.22. The van der Waals surface area contributed by atoms with Gasteiger partial charge in [0.05, 0.1) is 11.6 Å². The van der Waals surface area contributed by atoms with Crippen molar-refractivity contribution in [3.05, 3.63) is 33.3 Å². The summed E-state index contributed by atoms with van der Waals surface area (Å²) in [6.45, 7) is 2.23. The van der Waals surface area contributed by atoms with E-state index in [1.165, 1.54) is 0 Å². The summed E-state index contributed by atoms with van der Waals surface area (Å²) in [5.41, 5.74) is 1.04. The van der Waals surface area contributed by atoms with Crippen LogP contribution in [0.3, 0.4) is 0 Å². The first-order valence-electron chi connectivity index (χ1n) is 4.73. The maximum Gasteiger partial charge on any atom is 0.306 e. The molecule has 0 aromatic heterocycles. The van der Waals surface area contributed by atoms with E-state index >= 15 is 0 Å². The smallest absolute Gasteiger partial charge is 0.306 e. The first-order chi connectivity index (χ1) is 7.13. The van der Waals surface area contributed by atoms with Gasteiger partial charge in [0.1, 0.15) is 0 Å². The normalized spacial score (nSPS) is 10.1. The topological polar surface area (TPSA) is 26.3 Å². The molecule has 82 valence electrons. The average Bonchev–Trinajstić information content (AvgIpc) is 2.20. The van der Waals surface area contributed by atoms with Gasteiger partial charge >= 0.3 is 5.97 Å². The van der Waals surface area contributed by atoms with Crippen LogP contribution in [0.5, 0.6) is 0 Å². The van der Waals surface area contributed by atoms with Gasteiger partial charge in [-0.3, -0.25) is 4.79 Å². The SMILES string of the molecule is CCOC(=O)CCc1ccc(Br)c(Cl)c1. The molecule has 0 bridgehead atoms. The minimum Gasteiger partial charge on any atom is -0.466 e. The molecule has 0 unspecified atom stereocenters.